The molecule has 0 saturated heterocycles. The number of aliphatic hydroxyl groups excluding tert-OH is 1. The fraction of sp³-hybridized carbons (Fsp3) is 0.552. The fourth-order valence-corrected chi connectivity index (χ4v) is 5.11. The van der Waals surface area contributed by atoms with Crippen LogP contribution in [0.1, 0.15) is 49.8 Å². The van der Waals surface area contributed by atoms with Crippen LogP contribution in [0, 0.1) is 0 Å². The van der Waals surface area contributed by atoms with Crippen LogP contribution in [0.4, 0.5) is 5.88 Å². The molecule has 0 bridgehead atoms. The SMILES string of the molecule is COCCCN(Cc1c(-c2ccccc2)noc1N(C)C1CCCCC1)CC(O)COCc1ccco1. The zero-order valence-electron chi connectivity index (χ0n) is 22.2. The molecular formula is C29H41N3O5. The summed E-state index contributed by atoms with van der Waals surface area (Å²) >= 11 is 0. The lowest BCUT2D eigenvalue weighted by molar-refractivity contribution is 0.00283. The number of ether oxygens (including phenoxy) is 2. The molecule has 2 heterocycles. The Hall–Kier alpha value is -2.65. The Kier molecular flexibility index (Phi) is 10.6. The number of aromatic nitrogens is 1. The molecule has 8 nitrogen and oxygen atoms in total. The summed E-state index contributed by atoms with van der Waals surface area (Å²) < 4.78 is 22.4. The van der Waals surface area contributed by atoms with E-state index in [2.05, 4.69) is 34.1 Å². The van der Waals surface area contributed by atoms with Crippen LogP contribution < -0.4 is 4.90 Å². The highest BCUT2D eigenvalue weighted by Crippen LogP contribution is 2.35. The van der Waals surface area contributed by atoms with Crippen molar-refractivity contribution >= 4 is 5.88 Å². The second kappa shape index (κ2) is 14.3. The summed E-state index contributed by atoms with van der Waals surface area (Å²) in [6, 6.07) is 14.3. The number of anilines is 1. The van der Waals surface area contributed by atoms with Gasteiger partial charge in [-0.15, -0.1) is 0 Å². The lowest BCUT2D eigenvalue weighted by atomic mass is 9.94. The summed E-state index contributed by atoms with van der Waals surface area (Å²) in [4.78, 5) is 4.53. The first-order valence-electron chi connectivity index (χ1n) is 13.4. The van der Waals surface area contributed by atoms with Crippen molar-refractivity contribution in [3.05, 3.63) is 60.1 Å². The topological polar surface area (TPSA) is 84.3 Å². The van der Waals surface area contributed by atoms with Gasteiger partial charge in [-0.05, 0) is 31.4 Å². The predicted octanol–water partition coefficient (Wildman–Crippen LogP) is 5.12. The molecule has 1 aromatic carbocycles. The van der Waals surface area contributed by atoms with E-state index in [0.29, 0.717) is 32.3 Å². The molecule has 2 aromatic heterocycles. The van der Waals surface area contributed by atoms with Gasteiger partial charge in [0.2, 0.25) is 5.88 Å². The minimum Gasteiger partial charge on any atom is -0.467 e. The Morgan fingerprint density at radius 1 is 1.11 bits per heavy atom. The minimum atomic E-state index is -0.642. The third-order valence-corrected chi connectivity index (χ3v) is 7.07. The van der Waals surface area contributed by atoms with Crippen LogP contribution in [0.15, 0.2) is 57.7 Å². The lowest BCUT2D eigenvalue weighted by Crippen LogP contribution is -2.37. The van der Waals surface area contributed by atoms with Crippen molar-refractivity contribution in [1.29, 1.82) is 0 Å². The summed E-state index contributed by atoms with van der Waals surface area (Å²) in [5, 5.41) is 15.4. The molecule has 1 unspecified atom stereocenters. The summed E-state index contributed by atoms with van der Waals surface area (Å²) in [5.41, 5.74) is 2.95. The zero-order chi connectivity index (χ0) is 25.9. The van der Waals surface area contributed by atoms with Gasteiger partial charge in [0.05, 0.1) is 24.5 Å². The van der Waals surface area contributed by atoms with Gasteiger partial charge in [-0.25, -0.2) is 0 Å². The van der Waals surface area contributed by atoms with Gasteiger partial charge >= 0.3 is 0 Å². The summed E-state index contributed by atoms with van der Waals surface area (Å²) in [6.45, 7) is 3.08. The number of rotatable bonds is 15. The van der Waals surface area contributed by atoms with Crippen molar-refractivity contribution in [2.75, 3.05) is 45.4 Å². The Morgan fingerprint density at radius 3 is 2.65 bits per heavy atom. The maximum atomic E-state index is 10.8. The Bertz CT molecular complexity index is 1020. The van der Waals surface area contributed by atoms with Crippen LogP contribution in [0.25, 0.3) is 11.3 Å². The van der Waals surface area contributed by atoms with Crippen LogP contribution in [0.2, 0.25) is 0 Å². The van der Waals surface area contributed by atoms with Crippen LogP contribution in [-0.4, -0.2) is 67.8 Å². The molecule has 0 amide bonds. The standard InChI is InChI=1S/C29H41N3O5/c1-31(24-13-7-4-8-14-24)29-27(28(30-37-29)23-11-5-3-6-12-23)20-32(16-10-17-34-2)19-25(33)21-35-22-26-15-9-18-36-26/h3,5-6,9,11-12,15,18,24-25,33H,4,7-8,10,13-14,16-17,19-22H2,1-2H3. The van der Waals surface area contributed by atoms with Crippen LogP contribution in [0.5, 0.6) is 0 Å². The Morgan fingerprint density at radius 2 is 1.92 bits per heavy atom. The van der Waals surface area contributed by atoms with Crippen LogP contribution in [0.3, 0.4) is 0 Å². The molecule has 1 atom stereocenters. The number of methoxy groups -OCH3 is 1. The van der Waals surface area contributed by atoms with Gasteiger partial charge < -0.3 is 28.4 Å². The number of nitrogens with zero attached hydrogens (tertiary/aromatic N) is 3. The quantitative estimate of drug-likeness (QED) is 0.282. The highest BCUT2D eigenvalue weighted by atomic mass is 16.5. The van der Waals surface area contributed by atoms with E-state index in [-0.39, 0.29) is 6.61 Å². The fourth-order valence-electron chi connectivity index (χ4n) is 5.11. The normalized spacial score (nSPS) is 15.4. The molecule has 1 aliphatic carbocycles. The molecule has 1 fully saturated rings. The van der Waals surface area contributed by atoms with Crippen molar-refractivity contribution < 1.29 is 23.5 Å². The van der Waals surface area contributed by atoms with Crippen molar-refractivity contribution in [3.8, 4) is 11.3 Å². The lowest BCUT2D eigenvalue weighted by Gasteiger charge is -2.32. The van der Waals surface area contributed by atoms with E-state index in [1.165, 1.54) is 32.1 Å². The number of benzene rings is 1. The molecule has 1 saturated carbocycles. The van der Waals surface area contributed by atoms with E-state index >= 15 is 0 Å². The first-order valence-corrected chi connectivity index (χ1v) is 13.4. The van der Waals surface area contributed by atoms with Gasteiger partial charge in [-0.3, -0.25) is 4.90 Å². The predicted molar refractivity (Wildman–Crippen MR) is 143 cm³/mol. The molecule has 4 rings (SSSR count). The van der Waals surface area contributed by atoms with E-state index < -0.39 is 6.10 Å². The average molecular weight is 512 g/mol. The van der Waals surface area contributed by atoms with Crippen molar-refractivity contribution in [1.82, 2.24) is 10.1 Å². The monoisotopic (exact) mass is 511 g/mol. The summed E-state index contributed by atoms with van der Waals surface area (Å²) in [7, 11) is 3.84. The molecule has 0 radical (unpaired) electrons. The molecular weight excluding hydrogens is 470 g/mol. The minimum absolute atomic E-state index is 0.228. The van der Waals surface area contributed by atoms with Gasteiger partial charge in [0.15, 0.2) is 0 Å². The van der Waals surface area contributed by atoms with Gasteiger partial charge in [-0.2, -0.15) is 0 Å². The van der Waals surface area contributed by atoms with Crippen LogP contribution in [-0.2, 0) is 22.6 Å². The number of hydrogen-bond acceptors (Lipinski definition) is 8. The molecule has 0 aliphatic heterocycles. The smallest absolute Gasteiger partial charge is 0.232 e. The van der Waals surface area contributed by atoms with Gasteiger partial charge in [0.1, 0.15) is 18.1 Å². The third-order valence-electron chi connectivity index (χ3n) is 7.07. The number of aliphatic hydroxyl groups is 1. The van der Waals surface area contributed by atoms with E-state index in [1.807, 2.05) is 30.3 Å². The molecule has 37 heavy (non-hydrogen) atoms. The highest BCUT2D eigenvalue weighted by molar-refractivity contribution is 5.68. The maximum absolute atomic E-state index is 10.8. The van der Waals surface area contributed by atoms with E-state index in [4.69, 9.17) is 18.4 Å². The molecule has 1 N–H and O–H groups in total. The first kappa shape index (κ1) is 27.4. The molecule has 3 aromatic rings. The Labute approximate surface area is 220 Å². The Balaban J connectivity index is 1.51. The maximum Gasteiger partial charge on any atom is 0.232 e. The summed E-state index contributed by atoms with van der Waals surface area (Å²) in [5.74, 6) is 1.57. The molecule has 0 spiro atoms. The van der Waals surface area contributed by atoms with Gasteiger partial charge in [-0.1, -0.05) is 54.8 Å². The average Bonchev–Trinajstić information content (AvgIpc) is 3.60. The third kappa shape index (κ3) is 7.92. The zero-order valence-corrected chi connectivity index (χ0v) is 22.2. The number of furan rings is 1. The van der Waals surface area contributed by atoms with E-state index in [9.17, 15) is 5.11 Å². The van der Waals surface area contributed by atoms with Crippen molar-refractivity contribution in [3.63, 3.8) is 0 Å². The van der Waals surface area contributed by atoms with E-state index in [0.717, 1.165) is 41.4 Å². The molecule has 202 valence electrons. The number of hydrogen-bond donors (Lipinski definition) is 1. The highest BCUT2D eigenvalue weighted by Gasteiger charge is 2.28. The van der Waals surface area contributed by atoms with Crippen molar-refractivity contribution in [2.45, 2.75) is 63.8 Å². The first-order chi connectivity index (χ1) is 18.2. The largest absolute Gasteiger partial charge is 0.467 e. The van der Waals surface area contributed by atoms with Crippen molar-refractivity contribution in [2.24, 2.45) is 0 Å². The molecule has 1 aliphatic rings. The summed E-state index contributed by atoms with van der Waals surface area (Å²) in [6.07, 6.45) is 7.97. The molecule has 8 heteroatoms. The van der Waals surface area contributed by atoms with Crippen LogP contribution >= 0.6 is 0 Å². The second-order valence-corrected chi connectivity index (χ2v) is 9.91. The van der Waals surface area contributed by atoms with Gasteiger partial charge in [0.25, 0.3) is 0 Å². The van der Waals surface area contributed by atoms with Gasteiger partial charge in [0, 0.05) is 52.0 Å². The second-order valence-electron chi connectivity index (χ2n) is 9.91. The van der Waals surface area contributed by atoms with E-state index in [1.54, 1.807) is 13.4 Å².